The van der Waals surface area contributed by atoms with E-state index < -0.39 is 5.82 Å². The van der Waals surface area contributed by atoms with Gasteiger partial charge in [-0.05, 0) is 48.9 Å². The van der Waals surface area contributed by atoms with E-state index in [9.17, 15) is 14.0 Å². The zero-order valence-corrected chi connectivity index (χ0v) is 14.9. The van der Waals surface area contributed by atoms with Crippen LogP contribution in [0.15, 0.2) is 48.5 Å². The van der Waals surface area contributed by atoms with Gasteiger partial charge in [0.15, 0.2) is 0 Å². The third kappa shape index (κ3) is 5.20. The molecule has 2 aromatic rings. The molecule has 2 amide bonds. The number of anilines is 1. The normalized spacial score (nSPS) is 17.7. The van der Waals surface area contributed by atoms with E-state index in [1.165, 1.54) is 18.2 Å². The quantitative estimate of drug-likeness (QED) is 0.699. The summed E-state index contributed by atoms with van der Waals surface area (Å²) in [5.74, 6) is -0.163. The molecule has 2 aromatic carbocycles. The van der Waals surface area contributed by atoms with E-state index in [0.717, 1.165) is 5.75 Å². The summed E-state index contributed by atoms with van der Waals surface area (Å²) >= 11 is 0. The zero-order valence-electron chi connectivity index (χ0n) is 14.9. The van der Waals surface area contributed by atoms with Crippen molar-refractivity contribution in [1.82, 2.24) is 5.32 Å². The Hall–Kier alpha value is -3.09. The van der Waals surface area contributed by atoms with Crippen LogP contribution in [0, 0.1) is 17.7 Å². The van der Waals surface area contributed by atoms with Crippen molar-refractivity contribution in [2.45, 2.75) is 6.42 Å². The molecule has 7 heteroatoms. The molecule has 2 unspecified atom stereocenters. The van der Waals surface area contributed by atoms with Crippen molar-refractivity contribution in [3.8, 4) is 11.5 Å². The number of ether oxygens (including phenoxy) is 2. The molecule has 0 heterocycles. The molecule has 0 spiro atoms. The zero-order chi connectivity index (χ0) is 19.2. The number of methoxy groups -OCH3 is 1. The van der Waals surface area contributed by atoms with E-state index in [0.29, 0.717) is 31.0 Å². The standard InChI is InChI=1S/C20H21FN2O4/c1-26-15-5-7-16(8-6-15)27-10-9-22-19(24)17-12-18(17)20(25)23-14-4-2-3-13(21)11-14/h2-8,11,17-18H,9-10,12H2,1H3,(H,22,24)(H,23,25). The average Bonchev–Trinajstić information content (AvgIpc) is 3.47. The number of hydrogen-bond donors (Lipinski definition) is 2. The Morgan fingerprint density at radius 1 is 1.07 bits per heavy atom. The summed E-state index contributed by atoms with van der Waals surface area (Å²) in [5.41, 5.74) is 0.388. The van der Waals surface area contributed by atoms with Crippen molar-refractivity contribution in [3.05, 3.63) is 54.3 Å². The Morgan fingerprint density at radius 3 is 2.48 bits per heavy atom. The van der Waals surface area contributed by atoms with Gasteiger partial charge in [0.2, 0.25) is 11.8 Å². The van der Waals surface area contributed by atoms with Gasteiger partial charge in [0, 0.05) is 5.69 Å². The van der Waals surface area contributed by atoms with Crippen molar-refractivity contribution in [1.29, 1.82) is 0 Å². The summed E-state index contributed by atoms with van der Waals surface area (Å²) in [6.45, 7) is 0.671. The summed E-state index contributed by atoms with van der Waals surface area (Å²) in [7, 11) is 1.59. The number of nitrogens with one attached hydrogen (secondary N) is 2. The monoisotopic (exact) mass is 372 g/mol. The Labute approximate surface area is 156 Å². The molecule has 1 fully saturated rings. The van der Waals surface area contributed by atoms with Crippen LogP contribution in [0.4, 0.5) is 10.1 Å². The van der Waals surface area contributed by atoms with Crippen molar-refractivity contribution in [2.75, 3.05) is 25.6 Å². The molecule has 0 saturated heterocycles. The van der Waals surface area contributed by atoms with Gasteiger partial charge in [-0.3, -0.25) is 9.59 Å². The van der Waals surface area contributed by atoms with Gasteiger partial charge >= 0.3 is 0 Å². The molecule has 0 bridgehead atoms. The maximum absolute atomic E-state index is 13.1. The van der Waals surface area contributed by atoms with Crippen LogP contribution in [-0.2, 0) is 9.59 Å². The second-order valence-electron chi connectivity index (χ2n) is 6.26. The highest BCUT2D eigenvalue weighted by molar-refractivity contribution is 5.99. The summed E-state index contributed by atoms with van der Waals surface area (Å²) in [5, 5.41) is 5.40. The molecule has 0 aliphatic heterocycles. The van der Waals surface area contributed by atoms with Crippen molar-refractivity contribution < 1.29 is 23.5 Å². The first-order valence-electron chi connectivity index (χ1n) is 8.68. The maximum atomic E-state index is 13.1. The molecule has 1 aliphatic rings. The first-order chi connectivity index (χ1) is 13.1. The van der Waals surface area contributed by atoms with E-state index >= 15 is 0 Å². The third-order valence-electron chi connectivity index (χ3n) is 4.29. The lowest BCUT2D eigenvalue weighted by molar-refractivity contribution is -0.125. The highest BCUT2D eigenvalue weighted by atomic mass is 19.1. The second-order valence-corrected chi connectivity index (χ2v) is 6.26. The lowest BCUT2D eigenvalue weighted by Gasteiger charge is -2.08. The van der Waals surface area contributed by atoms with Gasteiger partial charge in [-0.15, -0.1) is 0 Å². The van der Waals surface area contributed by atoms with Crippen LogP contribution in [0.1, 0.15) is 6.42 Å². The van der Waals surface area contributed by atoms with Crippen molar-refractivity contribution >= 4 is 17.5 Å². The van der Waals surface area contributed by atoms with E-state index in [1.807, 2.05) is 0 Å². The fourth-order valence-corrected chi connectivity index (χ4v) is 2.72. The molecule has 0 aromatic heterocycles. The first-order valence-corrected chi connectivity index (χ1v) is 8.68. The Balaban J connectivity index is 1.36. The number of hydrogen-bond acceptors (Lipinski definition) is 4. The van der Waals surface area contributed by atoms with Gasteiger partial charge in [-0.25, -0.2) is 4.39 Å². The van der Waals surface area contributed by atoms with Crippen LogP contribution in [0.5, 0.6) is 11.5 Å². The number of carbonyl (C=O) groups excluding carboxylic acids is 2. The van der Waals surface area contributed by atoms with Crippen LogP contribution >= 0.6 is 0 Å². The van der Waals surface area contributed by atoms with E-state index in [1.54, 1.807) is 37.4 Å². The molecular formula is C20H21FN2O4. The van der Waals surface area contributed by atoms with E-state index in [2.05, 4.69) is 10.6 Å². The summed E-state index contributed by atoms with van der Waals surface area (Å²) in [6.07, 6.45) is 0.492. The number of carbonyl (C=O) groups is 2. The number of rotatable bonds is 8. The molecule has 3 rings (SSSR count). The van der Waals surface area contributed by atoms with Crippen molar-refractivity contribution in [2.24, 2.45) is 11.8 Å². The van der Waals surface area contributed by atoms with E-state index in [-0.39, 0.29) is 23.7 Å². The molecule has 1 saturated carbocycles. The maximum Gasteiger partial charge on any atom is 0.228 e. The van der Waals surface area contributed by atoms with Crippen LogP contribution in [0.25, 0.3) is 0 Å². The molecule has 2 N–H and O–H groups in total. The molecular weight excluding hydrogens is 351 g/mol. The van der Waals surface area contributed by atoms with Gasteiger partial charge < -0.3 is 20.1 Å². The van der Waals surface area contributed by atoms with Crippen molar-refractivity contribution in [3.63, 3.8) is 0 Å². The van der Waals surface area contributed by atoms with Gasteiger partial charge in [-0.2, -0.15) is 0 Å². The predicted molar refractivity (Wildman–Crippen MR) is 98.1 cm³/mol. The summed E-state index contributed by atoms with van der Waals surface area (Å²) in [6, 6.07) is 12.8. The second kappa shape index (κ2) is 8.53. The third-order valence-corrected chi connectivity index (χ3v) is 4.29. The predicted octanol–water partition coefficient (Wildman–Crippen LogP) is 2.60. The number of amides is 2. The fraction of sp³-hybridized carbons (Fsp3) is 0.300. The van der Waals surface area contributed by atoms with Gasteiger partial charge in [0.25, 0.3) is 0 Å². The van der Waals surface area contributed by atoms with Gasteiger partial charge in [-0.1, -0.05) is 6.07 Å². The Kier molecular flexibility index (Phi) is 5.90. The summed E-state index contributed by atoms with van der Waals surface area (Å²) < 4.78 is 23.7. The van der Waals surface area contributed by atoms with E-state index in [4.69, 9.17) is 9.47 Å². The molecule has 2 atom stereocenters. The molecule has 1 aliphatic carbocycles. The Bertz CT molecular complexity index is 810. The van der Waals surface area contributed by atoms with Crippen LogP contribution in [-0.4, -0.2) is 32.1 Å². The molecule has 6 nitrogen and oxygen atoms in total. The summed E-state index contributed by atoms with van der Waals surface area (Å²) in [4.78, 5) is 24.2. The molecule has 0 radical (unpaired) electrons. The Morgan fingerprint density at radius 2 is 1.78 bits per heavy atom. The SMILES string of the molecule is COc1ccc(OCCNC(=O)C2CC2C(=O)Nc2cccc(F)c2)cc1. The number of halogens is 1. The fourth-order valence-electron chi connectivity index (χ4n) is 2.72. The lowest BCUT2D eigenvalue weighted by Crippen LogP contribution is -2.31. The van der Waals surface area contributed by atoms with Crippen LogP contribution < -0.4 is 20.1 Å². The first kappa shape index (κ1) is 18.7. The molecule has 27 heavy (non-hydrogen) atoms. The molecule has 142 valence electrons. The number of benzene rings is 2. The minimum absolute atomic E-state index is 0.173. The van der Waals surface area contributed by atoms with Crippen LogP contribution in [0.3, 0.4) is 0 Å². The smallest absolute Gasteiger partial charge is 0.228 e. The van der Waals surface area contributed by atoms with Gasteiger partial charge in [0.05, 0.1) is 25.5 Å². The van der Waals surface area contributed by atoms with Crippen LogP contribution in [0.2, 0.25) is 0 Å². The highest BCUT2D eigenvalue weighted by Gasteiger charge is 2.47. The topological polar surface area (TPSA) is 76.7 Å². The minimum Gasteiger partial charge on any atom is -0.497 e. The minimum atomic E-state index is -0.422. The largest absolute Gasteiger partial charge is 0.497 e. The van der Waals surface area contributed by atoms with Gasteiger partial charge in [0.1, 0.15) is 23.9 Å². The lowest BCUT2D eigenvalue weighted by atomic mass is 10.2. The highest BCUT2D eigenvalue weighted by Crippen LogP contribution is 2.39. The average molecular weight is 372 g/mol.